The van der Waals surface area contributed by atoms with E-state index in [0.717, 1.165) is 28.6 Å². The number of nitrogens with zero attached hydrogens (tertiary/aromatic N) is 2. The second kappa shape index (κ2) is 6.27. The number of rotatable bonds is 3. The summed E-state index contributed by atoms with van der Waals surface area (Å²) in [7, 11) is 0. The first-order valence-corrected chi connectivity index (χ1v) is 9.95. The van der Waals surface area contributed by atoms with Gasteiger partial charge in [0.2, 0.25) is 6.79 Å². The Morgan fingerprint density at radius 1 is 1.16 bits per heavy atom. The van der Waals surface area contributed by atoms with Crippen molar-refractivity contribution in [1.29, 1.82) is 0 Å². The van der Waals surface area contributed by atoms with Crippen molar-refractivity contribution in [2.24, 2.45) is 5.41 Å². The Labute approximate surface area is 152 Å². The van der Waals surface area contributed by atoms with E-state index >= 15 is 0 Å². The van der Waals surface area contributed by atoms with E-state index in [1.807, 2.05) is 12.1 Å². The second-order valence-corrected chi connectivity index (χ2v) is 8.28. The molecule has 0 saturated carbocycles. The third-order valence-electron chi connectivity index (χ3n) is 5.74. The first-order chi connectivity index (χ1) is 12.3. The first kappa shape index (κ1) is 15.6. The Hall–Kier alpha value is -1.63. The molecule has 0 aliphatic carbocycles. The summed E-state index contributed by atoms with van der Waals surface area (Å²) in [4.78, 5) is 7.46. The average Bonchev–Trinajstić information content (AvgIpc) is 3.36. The number of aromatic nitrogens is 1. The van der Waals surface area contributed by atoms with Crippen molar-refractivity contribution in [3.05, 3.63) is 29.3 Å². The zero-order valence-corrected chi connectivity index (χ0v) is 15.1. The van der Waals surface area contributed by atoms with Crippen LogP contribution in [-0.4, -0.2) is 42.9 Å². The van der Waals surface area contributed by atoms with Crippen molar-refractivity contribution < 1.29 is 9.47 Å². The van der Waals surface area contributed by atoms with E-state index in [4.69, 9.17) is 14.5 Å². The molecule has 3 aliphatic rings. The summed E-state index contributed by atoms with van der Waals surface area (Å²) in [6, 6.07) is 6.07. The Balaban J connectivity index is 1.27. The molecule has 1 aromatic heterocycles. The van der Waals surface area contributed by atoms with E-state index < -0.39 is 0 Å². The minimum Gasteiger partial charge on any atom is -0.454 e. The highest BCUT2D eigenvalue weighted by Crippen LogP contribution is 2.40. The quantitative estimate of drug-likeness (QED) is 0.915. The molecule has 132 valence electrons. The number of nitrogens with one attached hydrogen (secondary N) is 1. The van der Waals surface area contributed by atoms with E-state index in [-0.39, 0.29) is 0 Å². The molecule has 25 heavy (non-hydrogen) atoms. The van der Waals surface area contributed by atoms with Crippen molar-refractivity contribution >= 4 is 11.3 Å². The highest BCUT2D eigenvalue weighted by molar-refractivity contribution is 7.13. The van der Waals surface area contributed by atoms with Crippen molar-refractivity contribution in [3.8, 4) is 22.1 Å². The normalized spacial score (nSPS) is 21.9. The van der Waals surface area contributed by atoms with Gasteiger partial charge in [-0.2, -0.15) is 0 Å². The lowest BCUT2D eigenvalue weighted by Gasteiger charge is -2.33. The van der Waals surface area contributed by atoms with Crippen LogP contribution in [0.2, 0.25) is 0 Å². The fourth-order valence-corrected chi connectivity index (χ4v) is 5.11. The molecule has 2 fully saturated rings. The maximum absolute atomic E-state index is 5.48. The molecule has 3 aliphatic heterocycles. The van der Waals surface area contributed by atoms with Crippen LogP contribution in [0.5, 0.6) is 11.5 Å². The van der Waals surface area contributed by atoms with Crippen LogP contribution >= 0.6 is 11.3 Å². The lowest BCUT2D eigenvalue weighted by molar-refractivity contribution is 0.174. The molecule has 0 amide bonds. The topological polar surface area (TPSA) is 46.6 Å². The molecule has 1 spiro atoms. The van der Waals surface area contributed by atoms with E-state index in [0.29, 0.717) is 12.2 Å². The molecule has 4 heterocycles. The number of benzene rings is 1. The monoisotopic (exact) mass is 357 g/mol. The minimum absolute atomic E-state index is 0.314. The fraction of sp³-hybridized carbons (Fsp3) is 0.526. The maximum Gasteiger partial charge on any atom is 0.231 e. The number of hydrogen-bond donors (Lipinski definition) is 1. The van der Waals surface area contributed by atoms with Crippen LogP contribution in [0.1, 0.15) is 25.0 Å². The van der Waals surface area contributed by atoms with Gasteiger partial charge >= 0.3 is 0 Å². The van der Waals surface area contributed by atoms with Crippen LogP contribution in [0.4, 0.5) is 0 Å². The predicted octanol–water partition coefficient (Wildman–Crippen LogP) is 3.11. The zero-order chi connectivity index (χ0) is 16.7. The van der Waals surface area contributed by atoms with Crippen LogP contribution in [0.3, 0.4) is 0 Å². The van der Waals surface area contributed by atoms with Crippen molar-refractivity contribution in [2.45, 2.75) is 25.8 Å². The second-order valence-electron chi connectivity index (χ2n) is 7.42. The Kier molecular flexibility index (Phi) is 3.91. The average molecular weight is 357 g/mol. The largest absolute Gasteiger partial charge is 0.454 e. The van der Waals surface area contributed by atoms with Gasteiger partial charge in [0.25, 0.3) is 0 Å². The van der Waals surface area contributed by atoms with E-state index in [9.17, 15) is 0 Å². The van der Waals surface area contributed by atoms with Gasteiger partial charge in [0.1, 0.15) is 5.01 Å². The SMILES string of the molecule is c1cc2c(cc1-c1nc(CN3CCC4(CCNCC4)C3)cs1)OCO2. The van der Waals surface area contributed by atoms with Crippen molar-refractivity contribution in [2.75, 3.05) is 33.0 Å². The van der Waals surface area contributed by atoms with Gasteiger partial charge in [0.05, 0.1) is 5.69 Å². The van der Waals surface area contributed by atoms with Gasteiger partial charge in [0, 0.05) is 24.0 Å². The number of thiazole rings is 1. The van der Waals surface area contributed by atoms with Crippen LogP contribution in [0.25, 0.3) is 10.6 Å². The van der Waals surface area contributed by atoms with Crippen LogP contribution < -0.4 is 14.8 Å². The Bertz CT molecular complexity index is 770. The summed E-state index contributed by atoms with van der Waals surface area (Å²) >= 11 is 1.71. The molecule has 5 nitrogen and oxygen atoms in total. The molecule has 5 rings (SSSR count). The Morgan fingerprint density at radius 3 is 2.96 bits per heavy atom. The van der Waals surface area contributed by atoms with Gasteiger partial charge in [-0.1, -0.05) is 0 Å². The highest BCUT2D eigenvalue weighted by Gasteiger charge is 2.38. The van der Waals surface area contributed by atoms with E-state index in [1.54, 1.807) is 11.3 Å². The molecule has 0 unspecified atom stereocenters. The molecule has 0 radical (unpaired) electrons. The van der Waals surface area contributed by atoms with Crippen molar-refractivity contribution in [1.82, 2.24) is 15.2 Å². The number of hydrogen-bond acceptors (Lipinski definition) is 6. The summed E-state index contributed by atoms with van der Waals surface area (Å²) < 4.78 is 10.9. The molecular weight excluding hydrogens is 334 g/mol. The summed E-state index contributed by atoms with van der Waals surface area (Å²) in [6.07, 6.45) is 3.99. The lowest BCUT2D eigenvalue weighted by Crippen LogP contribution is -2.38. The van der Waals surface area contributed by atoms with Gasteiger partial charge < -0.3 is 14.8 Å². The maximum atomic E-state index is 5.48. The lowest BCUT2D eigenvalue weighted by atomic mass is 9.78. The Morgan fingerprint density at radius 2 is 2.04 bits per heavy atom. The van der Waals surface area contributed by atoms with E-state index in [2.05, 4.69) is 21.7 Å². The van der Waals surface area contributed by atoms with Gasteiger partial charge in [-0.15, -0.1) is 11.3 Å². The molecule has 6 heteroatoms. The number of piperidine rings is 1. The predicted molar refractivity (Wildman–Crippen MR) is 98.1 cm³/mol. The van der Waals surface area contributed by atoms with Gasteiger partial charge in [-0.25, -0.2) is 4.98 Å². The molecule has 1 N–H and O–H groups in total. The highest BCUT2D eigenvalue weighted by atomic mass is 32.1. The number of likely N-dealkylation sites (tertiary alicyclic amines) is 1. The number of ether oxygens (including phenoxy) is 2. The molecule has 2 aromatic rings. The standard InChI is InChI=1S/C19H23N3O2S/c1-2-16-17(24-13-23-16)9-14(1)18-21-15(11-25-18)10-22-8-5-19(12-22)3-6-20-7-4-19/h1-2,9,11,20H,3-8,10,12-13H2. The summed E-state index contributed by atoms with van der Waals surface area (Å²) in [5.41, 5.74) is 2.85. The molecule has 0 bridgehead atoms. The third kappa shape index (κ3) is 3.03. The summed E-state index contributed by atoms with van der Waals surface area (Å²) in [6.45, 7) is 6.07. The number of fused-ring (bicyclic) bond motifs is 1. The van der Waals surface area contributed by atoms with Gasteiger partial charge in [-0.05, 0) is 62.5 Å². The van der Waals surface area contributed by atoms with Crippen molar-refractivity contribution in [3.63, 3.8) is 0 Å². The van der Waals surface area contributed by atoms with Crippen LogP contribution in [0, 0.1) is 5.41 Å². The smallest absolute Gasteiger partial charge is 0.231 e. The van der Waals surface area contributed by atoms with Gasteiger partial charge in [-0.3, -0.25) is 4.90 Å². The van der Waals surface area contributed by atoms with Crippen LogP contribution in [-0.2, 0) is 6.54 Å². The first-order valence-electron chi connectivity index (χ1n) is 9.07. The van der Waals surface area contributed by atoms with Crippen LogP contribution in [0.15, 0.2) is 23.6 Å². The molecule has 1 aromatic carbocycles. The zero-order valence-electron chi connectivity index (χ0n) is 14.3. The summed E-state index contributed by atoms with van der Waals surface area (Å²) in [5.74, 6) is 1.64. The third-order valence-corrected chi connectivity index (χ3v) is 6.68. The molecule has 0 atom stereocenters. The fourth-order valence-electron chi connectivity index (χ4n) is 4.30. The van der Waals surface area contributed by atoms with Gasteiger partial charge in [0.15, 0.2) is 11.5 Å². The molecule has 2 saturated heterocycles. The van der Waals surface area contributed by atoms with E-state index in [1.165, 1.54) is 51.1 Å². The molecular formula is C19H23N3O2S. The minimum atomic E-state index is 0.314. The summed E-state index contributed by atoms with van der Waals surface area (Å²) in [5, 5.41) is 6.75.